The van der Waals surface area contributed by atoms with E-state index in [4.69, 9.17) is 0 Å². The Hall–Kier alpha value is -2.05. The third kappa shape index (κ3) is 4.81. The number of rotatable bonds is 6. The number of benzene rings is 2. The van der Waals surface area contributed by atoms with Gasteiger partial charge in [0.15, 0.2) is 0 Å². The Bertz CT molecular complexity index is 1340. The summed E-state index contributed by atoms with van der Waals surface area (Å²) in [6.07, 6.45) is 21.9. The van der Waals surface area contributed by atoms with Crippen LogP contribution < -0.4 is 5.43 Å². The van der Waals surface area contributed by atoms with Gasteiger partial charge in [0.1, 0.15) is 17.6 Å². The molecule has 5 fully saturated rings. The number of amides is 1. The minimum Gasteiger partial charge on any atom is -0.300 e. The average molecular weight is 608 g/mol. The van der Waals surface area contributed by atoms with E-state index in [1.807, 2.05) is 0 Å². The Balaban J connectivity index is 1.11. The maximum atomic E-state index is 14.3. The molecule has 1 N–H and O–H groups in total. The highest BCUT2D eigenvalue weighted by molar-refractivity contribution is 5.71. The van der Waals surface area contributed by atoms with Gasteiger partial charge < -0.3 is 0 Å². The Morgan fingerprint density at radius 2 is 1.02 bits per heavy atom. The van der Waals surface area contributed by atoms with Gasteiger partial charge in [0, 0.05) is 63.9 Å². The summed E-state index contributed by atoms with van der Waals surface area (Å²) < 4.78 is 0.555. The first kappa shape index (κ1) is 29.1. The van der Waals surface area contributed by atoms with Crippen LogP contribution in [0, 0.1) is 0 Å². The second-order valence-electron chi connectivity index (χ2n) is 16.1. The molecule has 240 valence electrons. The van der Waals surface area contributed by atoms with Gasteiger partial charge >= 0.3 is 5.91 Å². The zero-order chi connectivity index (χ0) is 30.0. The second-order valence-corrected chi connectivity index (χ2v) is 16.1. The monoisotopic (exact) mass is 607 g/mol. The molecule has 0 atom stereocenters. The maximum Gasteiger partial charge on any atom is 0.333 e. The Kier molecular flexibility index (Phi) is 7.49. The zero-order valence-corrected chi connectivity index (χ0v) is 27.6. The zero-order valence-electron chi connectivity index (χ0n) is 27.6. The van der Waals surface area contributed by atoms with E-state index in [0.717, 1.165) is 31.3 Å². The van der Waals surface area contributed by atoms with Gasteiger partial charge in [-0.1, -0.05) is 49.2 Å². The Morgan fingerprint density at radius 3 is 1.42 bits per heavy atom. The van der Waals surface area contributed by atoms with Crippen LogP contribution in [-0.2, 0) is 36.0 Å². The van der Waals surface area contributed by atoms with Crippen LogP contribution in [0.25, 0.3) is 0 Å². The molecule has 1 saturated heterocycles. The smallest absolute Gasteiger partial charge is 0.300 e. The first-order valence-corrected chi connectivity index (χ1v) is 19.1. The van der Waals surface area contributed by atoms with Gasteiger partial charge in [-0.15, -0.1) is 5.43 Å². The van der Waals surface area contributed by atoms with Crippen LogP contribution in [-0.4, -0.2) is 70.6 Å². The number of quaternary nitrogens is 1. The molecule has 45 heavy (non-hydrogen) atoms. The van der Waals surface area contributed by atoms with Crippen molar-refractivity contribution in [3.8, 4) is 0 Å². The number of nitrogens with zero attached hydrogens (tertiary/aromatic N) is 3. The van der Waals surface area contributed by atoms with Crippen molar-refractivity contribution >= 4 is 5.91 Å². The second kappa shape index (κ2) is 11.6. The van der Waals surface area contributed by atoms with Crippen LogP contribution >= 0.6 is 0 Å². The summed E-state index contributed by atoms with van der Waals surface area (Å²) in [6, 6.07) is 17.6. The van der Waals surface area contributed by atoms with Crippen LogP contribution in [0.15, 0.2) is 36.4 Å². The highest BCUT2D eigenvalue weighted by Gasteiger charge is 2.61. The van der Waals surface area contributed by atoms with Crippen molar-refractivity contribution in [2.75, 3.05) is 26.2 Å². The molecule has 2 aromatic carbocycles. The predicted octanol–water partition coefficient (Wildman–Crippen LogP) is 6.58. The molecule has 4 aliphatic carbocycles. The molecule has 2 aromatic rings. The topological polar surface area (TPSA) is 35.6 Å². The van der Waals surface area contributed by atoms with Gasteiger partial charge in [0.25, 0.3) is 0 Å². The molecule has 0 radical (unpaired) electrons. The van der Waals surface area contributed by atoms with Gasteiger partial charge in [0.05, 0.1) is 6.42 Å². The van der Waals surface area contributed by atoms with Crippen molar-refractivity contribution in [1.82, 2.24) is 15.2 Å². The van der Waals surface area contributed by atoms with Gasteiger partial charge in [-0.25, -0.2) is 4.79 Å². The molecule has 0 spiro atoms. The molecule has 7 aliphatic rings. The van der Waals surface area contributed by atoms with Gasteiger partial charge in [0.2, 0.25) is 0 Å². The van der Waals surface area contributed by atoms with Crippen molar-refractivity contribution in [3.05, 3.63) is 69.8 Å². The summed E-state index contributed by atoms with van der Waals surface area (Å²) >= 11 is 0. The van der Waals surface area contributed by atoms with E-state index in [0.29, 0.717) is 29.0 Å². The van der Waals surface area contributed by atoms with Gasteiger partial charge in [-0.2, -0.15) is 4.59 Å². The van der Waals surface area contributed by atoms with E-state index in [2.05, 4.69) is 51.6 Å². The quantitative estimate of drug-likeness (QED) is 0.376. The molecule has 9 rings (SSSR count). The van der Waals surface area contributed by atoms with Gasteiger partial charge in [-0.3, -0.25) is 9.80 Å². The van der Waals surface area contributed by atoms with E-state index < -0.39 is 0 Å². The van der Waals surface area contributed by atoms with E-state index in [9.17, 15) is 4.79 Å². The van der Waals surface area contributed by atoms with Gasteiger partial charge in [-0.05, 0) is 104 Å². The molecule has 0 unspecified atom stereocenters. The van der Waals surface area contributed by atoms with Crippen LogP contribution in [0.5, 0.6) is 0 Å². The molecule has 0 aromatic heterocycles. The van der Waals surface area contributed by atoms with Crippen molar-refractivity contribution in [3.63, 3.8) is 0 Å². The maximum absolute atomic E-state index is 14.3. The minimum atomic E-state index is -0.330. The SMILES string of the molecule is O=C1CCC(c2ccc3c(c2)CCN(C2CCC2)CC3)(c2ccc3c(c2)CCN(C2CCC2)CC3)N[N+]1(C1CCC1)C1CCC1. The molecule has 4 saturated carbocycles. The lowest BCUT2D eigenvalue weighted by Crippen LogP contribution is -2.80. The summed E-state index contributed by atoms with van der Waals surface area (Å²) in [4.78, 5) is 19.8. The third-order valence-electron chi connectivity index (χ3n) is 14.1. The molecule has 5 heteroatoms. The average Bonchev–Trinajstić information content (AvgIpc) is 3.27. The molecule has 3 heterocycles. The first-order valence-electron chi connectivity index (χ1n) is 19.1. The molecule has 5 nitrogen and oxygen atoms in total. The van der Waals surface area contributed by atoms with Crippen LogP contribution in [0.3, 0.4) is 0 Å². The summed E-state index contributed by atoms with van der Waals surface area (Å²) in [5.41, 5.74) is 13.1. The predicted molar refractivity (Wildman–Crippen MR) is 180 cm³/mol. The minimum absolute atomic E-state index is 0.330. The number of carbonyl (C=O) groups is 1. The van der Waals surface area contributed by atoms with E-state index in [1.54, 1.807) is 22.3 Å². The van der Waals surface area contributed by atoms with Crippen molar-refractivity contribution in [2.24, 2.45) is 0 Å². The number of nitrogens with one attached hydrogen (secondary N) is 1. The van der Waals surface area contributed by atoms with Crippen LogP contribution in [0.2, 0.25) is 0 Å². The largest absolute Gasteiger partial charge is 0.333 e. The summed E-state index contributed by atoms with van der Waals surface area (Å²) in [5, 5.41) is 0. The molecule has 1 amide bonds. The summed E-state index contributed by atoms with van der Waals surface area (Å²) in [5.74, 6) is 0.469. The first-order chi connectivity index (χ1) is 22.1. The van der Waals surface area contributed by atoms with Crippen molar-refractivity contribution < 1.29 is 9.39 Å². The lowest BCUT2D eigenvalue weighted by molar-refractivity contribution is -0.964. The Morgan fingerprint density at radius 1 is 0.578 bits per heavy atom. The molecular weight excluding hydrogens is 552 g/mol. The fraction of sp³-hybridized carbons (Fsp3) is 0.675. The number of carbonyl (C=O) groups excluding carboxylic acids is 1. The summed E-state index contributed by atoms with van der Waals surface area (Å²) in [6.45, 7) is 4.81. The number of fused-ring (bicyclic) bond motifs is 2. The standard InChI is InChI=1S/C40H55N4O/c45-39-17-22-40(41-44(39,37-9-3-10-37)38-11-4-12-38,33-15-13-29-18-23-42(35-5-1-6-35)25-20-31(29)27-33)34-16-14-30-19-24-43(36-7-2-8-36)26-21-32(30)28-34/h13-16,27-28,35-38,41H,1-12,17-26H2/q+1. The highest BCUT2D eigenvalue weighted by atomic mass is 16.2. The number of hydrogen-bond donors (Lipinski definition) is 1. The van der Waals surface area contributed by atoms with E-state index in [1.165, 1.54) is 127 Å². The molecule has 3 aliphatic heterocycles. The Labute approximate surface area is 271 Å². The summed E-state index contributed by atoms with van der Waals surface area (Å²) in [7, 11) is 0. The molecular formula is C40H55N4O+. The van der Waals surface area contributed by atoms with Crippen LogP contribution in [0.1, 0.15) is 123 Å². The van der Waals surface area contributed by atoms with Crippen molar-refractivity contribution in [2.45, 2.75) is 145 Å². The fourth-order valence-electron chi connectivity index (χ4n) is 10.2. The van der Waals surface area contributed by atoms with Crippen LogP contribution in [0.4, 0.5) is 0 Å². The normalized spacial score (nSPS) is 28.0. The lowest BCUT2D eigenvalue weighted by atomic mass is 9.74. The fourth-order valence-corrected chi connectivity index (χ4v) is 10.2. The highest BCUT2D eigenvalue weighted by Crippen LogP contribution is 2.48. The number of hydrogen-bond acceptors (Lipinski definition) is 4. The van der Waals surface area contributed by atoms with Crippen molar-refractivity contribution in [1.29, 1.82) is 0 Å². The molecule has 0 bridgehead atoms. The van der Waals surface area contributed by atoms with E-state index in [-0.39, 0.29) is 5.54 Å². The third-order valence-corrected chi connectivity index (χ3v) is 14.1. The van der Waals surface area contributed by atoms with E-state index >= 15 is 0 Å². The lowest BCUT2D eigenvalue weighted by Gasteiger charge is -2.58.